The average Bonchev–Trinajstić information content (AvgIpc) is 2.25. The van der Waals surface area contributed by atoms with Crippen LogP contribution >= 0.6 is 34.2 Å². The first-order valence-corrected chi connectivity index (χ1v) is 7.58. The quantitative estimate of drug-likeness (QED) is 0.601. The van der Waals surface area contributed by atoms with Crippen molar-refractivity contribution in [2.75, 3.05) is 5.88 Å². The second kappa shape index (κ2) is 6.95. The zero-order valence-electron chi connectivity index (χ0n) is 10.8. The molecule has 1 atom stereocenters. The summed E-state index contributed by atoms with van der Waals surface area (Å²) in [4.78, 5) is 0. The maximum atomic E-state index is 5.86. The standard InChI is InChI=1S/C14H21ClIN/c1-14(2,3)13(8-9-15)17-10-11-4-6-12(16)7-5-11/h4-7,13,17H,8-10H2,1-3H3. The zero-order chi connectivity index (χ0) is 12.9. The minimum absolute atomic E-state index is 0.248. The van der Waals surface area contributed by atoms with Gasteiger partial charge in [-0.1, -0.05) is 32.9 Å². The molecule has 1 unspecified atom stereocenters. The van der Waals surface area contributed by atoms with E-state index in [1.165, 1.54) is 9.13 Å². The highest BCUT2D eigenvalue weighted by Crippen LogP contribution is 2.22. The molecule has 0 spiro atoms. The SMILES string of the molecule is CC(C)(C)C(CCCl)NCc1ccc(I)cc1. The summed E-state index contributed by atoms with van der Waals surface area (Å²) in [6.07, 6.45) is 1.01. The van der Waals surface area contributed by atoms with Crippen molar-refractivity contribution in [2.24, 2.45) is 5.41 Å². The number of hydrogen-bond donors (Lipinski definition) is 1. The second-order valence-electron chi connectivity index (χ2n) is 5.40. The summed E-state index contributed by atoms with van der Waals surface area (Å²) in [6.45, 7) is 7.68. The predicted molar refractivity (Wildman–Crippen MR) is 84.6 cm³/mol. The molecule has 1 rings (SSSR count). The molecule has 0 radical (unpaired) electrons. The van der Waals surface area contributed by atoms with Gasteiger partial charge in [0.15, 0.2) is 0 Å². The number of nitrogens with one attached hydrogen (secondary N) is 1. The van der Waals surface area contributed by atoms with Crippen molar-refractivity contribution in [3.8, 4) is 0 Å². The van der Waals surface area contributed by atoms with Crippen molar-refractivity contribution in [1.29, 1.82) is 0 Å². The molecular formula is C14H21ClIN. The third-order valence-electron chi connectivity index (χ3n) is 2.91. The molecule has 0 aliphatic rings. The first-order chi connectivity index (χ1) is 7.93. The van der Waals surface area contributed by atoms with Gasteiger partial charge >= 0.3 is 0 Å². The molecule has 1 aromatic rings. The van der Waals surface area contributed by atoms with Gasteiger partial charge in [-0.05, 0) is 52.1 Å². The Balaban J connectivity index is 2.54. The third-order valence-corrected chi connectivity index (χ3v) is 3.85. The van der Waals surface area contributed by atoms with E-state index in [9.17, 15) is 0 Å². The van der Waals surface area contributed by atoms with Crippen molar-refractivity contribution in [3.05, 3.63) is 33.4 Å². The lowest BCUT2D eigenvalue weighted by atomic mass is 9.85. The lowest BCUT2D eigenvalue weighted by molar-refractivity contribution is 0.260. The van der Waals surface area contributed by atoms with Crippen molar-refractivity contribution in [2.45, 2.75) is 39.8 Å². The van der Waals surface area contributed by atoms with E-state index in [1.807, 2.05) is 0 Å². The molecule has 96 valence electrons. The molecular weight excluding hydrogens is 345 g/mol. The molecule has 0 aliphatic carbocycles. The van der Waals surface area contributed by atoms with Crippen molar-refractivity contribution in [1.82, 2.24) is 5.32 Å². The van der Waals surface area contributed by atoms with Crippen LogP contribution < -0.4 is 5.32 Å². The van der Waals surface area contributed by atoms with Crippen LogP contribution in [-0.4, -0.2) is 11.9 Å². The normalized spacial score (nSPS) is 13.7. The predicted octanol–water partition coefficient (Wildman–Crippen LogP) is 4.42. The van der Waals surface area contributed by atoms with E-state index >= 15 is 0 Å². The van der Waals surface area contributed by atoms with Gasteiger partial charge in [-0.15, -0.1) is 11.6 Å². The van der Waals surface area contributed by atoms with Gasteiger partial charge in [-0.25, -0.2) is 0 Å². The highest BCUT2D eigenvalue weighted by molar-refractivity contribution is 14.1. The Labute approximate surface area is 123 Å². The first-order valence-electron chi connectivity index (χ1n) is 5.97. The molecule has 0 saturated carbocycles. The summed E-state index contributed by atoms with van der Waals surface area (Å²) < 4.78 is 1.28. The Kier molecular flexibility index (Phi) is 6.24. The molecule has 1 nitrogen and oxygen atoms in total. The van der Waals surface area contributed by atoms with Crippen LogP contribution in [0.15, 0.2) is 24.3 Å². The van der Waals surface area contributed by atoms with Gasteiger partial charge in [0.05, 0.1) is 0 Å². The van der Waals surface area contributed by atoms with E-state index in [-0.39, 0.29) is 5.41 Å². The molecule has 0 amide bonds. The summed E-state index contributed by atoms with van der Waals surface area (Å²) in [5, 5.41) is 3.61. The molecule has 0 bridgehead atoms. The maximum absolute atomic E-state index is 5.86. The number of alkyl halides is 1. The topological polar surface area (TPSA) is 12.0 Å². The van der Waals surface area contributed by atoms with Gasteiger partial charge in [0.25, 0.3) is 0 Å². The molecule has 1 N–H and O–H groups in total. The molecule has 3 heteroatoms. The minimum atomic E-state index is 0.248. The van der Waals surface area contributed by atoms with Gasteiger partial charge in [-0.3, -0.25) is 0 Å². The van der Waals surface area contributed by atoms with Crippen LogP contribution in [0.3, 0.4) is 0 Å². The van der Waals surface area contributed by atoms with Crippen molar-refractivity contribution < 1.29 is 0 Å². The molecule has 17 heavy (non-hydrogen) atoms. The Morgan fingerprint density at radius 3 is 2.29 bits per heavy atom. The molecule has 0 saturated heterocycles. The van der Waals surface area contributed by atoms with Crippen molar-refractivity contribution >= 4 is 34.2 Å². The van der Waals surface area contributed by atoms with E-state index in [0.29, 0.717) is 11.9 Å². The molecule has 0 fully saturated rings. The van der Waals surface area contributed by atoms with Crippen LogP contribution in [0.1, 0.15) is 32.8 Å². The smallest absolute Gasteiger partial charge is 0.0238 e. The highest BCUT2D eigenvalue weighted by atomic mass is 127. The van der Waals surface area contributed by atoms with E-state index in [1.54, 1.807) is 0 Å². The van der Waals surface area contributed by atoms with E-state index in [0.717, 1.165) is 13.0 Å². The summed E-state index contributed by atoms with van der Waals surface area (Å²) in [6, 6.07) is 9.10. The van der Waals surface area contributed by atoms with Crippen LogP contribution in [0.25, 0.3) is 0 Å². The lowest BCUT2D eigenvalue weighted by Gasteiger charge is -2.31. The molecule has 0 aromatic heterocycles. The monoisotopic (exact) mass is 365 g/mol. The fraction of sp³-hybridized carbons (Fsp3) is 0.571. The Morgan fingerprint density at radius 1 is 1.24 bits per heavy atom. The van der Waals surface area contributed by atoms with Crippen LogP contribution in [0.5, 0.6) is 0 Å². The van der Waals surface area contributed by atoms with E-state index in [4.69, 9.17) is 11.6 Å². The van der Waals surface area contributed by atoms with Crippen LogP contribution in [0, 0.1) is 8.99 Å². The fourth-order valence-electron chi connectivity index (χ4n) is 1.79. The molecule has 1 aromatic carbocycles. The van der Waals surface area contributed by atoms with Crippen LogP contribution in [-0.2, 0) is 6.54 Å². The van der Waals surface area contributed by atoms with Gasteiger partial charge in [0.1, 0.15) is 0 Å². The van der Waals surface area contributed by atoms with Gasteiger partial charge in [-0.2, -0.15) is 0 Å². The zero-order valence-corrected chi connectivity index (χ0v) is 13.7. The Hall–Kier alpha value is 0.200. The van der Waals surface area contributed by atoms with Crippen LogP contribution in [0.2, 0.25) is 0 Å². The highest BCUT2D eigenvalue weighted by Gasteiger charge is 2.23. The second-order valence-corrected chi connectivity index (χ2v) is 7.03. The largest absolute Gasteiger partial charge is 0.309 e. The summed E-state index contributed by atoms with van der Waals surface area (Å²) in [5.74, 6) is 0.710. The third kappa shape index (κ3) is 5.58. The number of hydrogen-bond acceptors (Lipinski definition) is 1. The lowest BCUT2D eigenvalue weighted by Crippen LogP contribution is -2.40. The molecule has 0 heterocycles. The fourth-order valence-corrected chi connectivity index (χ4v) is 2.37. The average molecular weight is 366 g/mol. The van der Waals surface area contributed by atoms with Gasteiger partial charge in [0, 0.05) is 22.0 Å². The van der Waals surface area contributed by atoms with Gasteiger partial charge < -0.3 is 5.32 Å². The summed E-state index contributed by atoms with van der Waals surface area (Å²) >= 11 is 8.19. The van der Waals surface area contributed by atoms with Crippen molar-refractivity contribution in [3.63, 3.8) is 0 Å². The first kappa shape index (κ1) is 15.3. The maximum Gasteiger partial charge on any atom is 0.0238 e. The van der Waals surface area contributed by atoms with Gasteiger partial charge in [0.2, 0.25) is 0 Å². The summed E-state index contributed by atoms with van der Waals surface area (Å²) in [7, 11) is 0. The Morgan fingerprint density at radius 2 is 1.82 bits per heavy atom. The number of benzene rings is 1. The molecule has 0 aliphatic heterocycles. The van der Waals surface area contributed by atoms with E-state index in [2.05, 4.69) is 72.9 Å². The number of rotatable bonds is 5. The van der Waals surface area contributed by atoms with Crippen LogP contribution in [0.4, 0.5) is 0 Å². The van der Waals surface area contributed by atoms with E-state index < -0.39 is 0 Å². The minimum Gasteiger partial charge on any atom is -0.309 e. The summed E-state index contributed by atoms with van der Waals surface area (Å²) in [5.41, 5.74) is 1.58. The Bertz CT molecular complexity index is 329. The number of halogens is 2.